The number of ether oxygens (including phenoxy) is 1. The van der Waals surface area contributed by atoms with Crippen LogP contribution in [0.5, 0.6) is 5.75 Å². The lowest BCUT2D eigenvalue weighted by atomic mass is 10.1. The highest BCUT2D eigenvalue weighted by atomic mass is 19.1. The Labute approximate surface area is 200 Å². The highest BCUT2D eigenvalue weighted by Crippen LogP contribution is 2.27. The van der Waals surface area contributed by atoms with Gasteiger partial charge >= 0.3 is 6.09 Å². The summed E-state index contributed by atoms with van der Waals surface area (Å²) in [5.41, 5.74) is 1.83. The number of halogens is 1. The average molecular weight is 484 g/mol. The second-order valence-electron chi connectivity index (χ2n) is 8.49. The van der Waals surface area contributed by atoms with Gasteiger partial charge < -0.3 is 20.5 Å². The Balaban J connectivity index is 1.41. The van der Waals surface area contributed by atoms with Crippen molar-refractivity contribution in [1.82, 2.24) is 35.6 Å². The zero-order chi connectivity index (χ0) is 24.9. The molecule has 0 unspecified atom stereocenters. The molecule has 0 radical (unpaired) electrons. The molecule has 184 valence electrons. The van der Waals surface area contributed by atoms with Gasteiger partial charge in [0.05, 0.1) is 19.0 Å². The largest absolute Gasteiger partial charge is 0.494 e. The summed E-state index contributed by atoms with van der Waals surface area (Å²) in [5.74, 6) is -0.0815. The smallest absolute Gasteiger partial charge is 0.404 e. The molecule has 0 aliphatic heterocycles. The van der Waals surface area contributed by atoms with Crippen LogP contribution in [0.1, 0.15) is 41.1 Å². The summed E-state index contributed by atoms with van der Waals surface area (Å²) in [6, 6.07) is 5.88. The highest BCUT2D eigenvalue weighted by molar-refractivity contribution is 5.93. The molecule has 3 aromatic rings. The van der Waals surface area contributed by atoms with Gasteiger partial charge in [0, 0.05) is 19.1 Å². The zero-order valence-electron chi connectivity index (χ0n) is 19.4. The van der Waals surface area contributed by atoms with E-state index in [1.807, 2.05) is 0 Å². The molecule has 2 aromatic heterocycles. The topological polar surface area (TPSA) is 144 Å². The van der Waals surface area contributed by atoms with Gasteiger partial charge in [0.25, 0.3) is 5.91 Å². The lowest BCUT2D eigenvalue weighted by Gasteiger charge is -2.10. The van der Waals surface area contributed by atoms with Crippen LogP contribution in [-0.4, -0.2) is 55.2 Å². The van der Waals surface area contributed by atoms with Crippen molar-refractivity contribution >= 4 is 12.0 Å². The Bertz CT molecular complexity index is 1230. The number of nitrogens with one attached hydrogen (secondary N) is 2. The number of hydrogen-bond donors (Lipinski definition) is 3. The molecule has 12 heteroatoms. The summed E-state index contributed by atoms with van der Waals surface area (Å²) in [6.07, 6.45) is 3.20. The van der Waals surface area contributed by atoms with Gasteiger partial charge in [-0.15, -0.1) is 5.10 Å². The number of nitrogens with zero attached hydrogens (tertiary/aromatic N) is 5. The summed E-state index contributed by atoms with van der Waals surface area (Å²) < 4.78 is 20.3. The minimum atomic E-state index is -1.00. The molecule has 0 bridgehead atoms. The molecule has 3 N–H and O–H groups in total. The summed E-state index contributed by atoms with van der Waals surface area (Å²) in [7, 11) is 1.38. The molecule has 11 nitrogen and oxygen atoms in total. The van der Waals surface area contributed by atoms with Crippen LogP contribution in [0.3, 0.4) is 0 Å². The van der Waals surface area contributed by atoms with Crippen LogP contribution < -0.4 is 15.4 Å². The van der Waals surface area contributed by atoms with Gasteiger partial charge in [-0.3, -0.25) is 9.48 Å². The van der Waals surface area contributed by atoms with Crippen molar-refractivity contribution in [2.24, 2.45) is 5.92 Å². The molecule has 1 fully saturated rings. The predicted molar refractivity (Wildman–Crippen MR) is 122 cm³/mol. The van der Waals surface area contributed by atoms with Gasteiger partial charge in [-0.2, -0.15) is 0 Å². The first kappa shape index (κ1) is 24.0. The van der Waals surface area contributed by atoms with Crippen molar-refractivity contribution in [1.29, 1.82) is 0 Å². The molecule has 2 heterocycles. The van der Waals surface area contributed by atoms with Crippen molar-refractivity contribution in [3.63, 3.8) is 0 Å². The SMILES string of the molecule is COc1cc(CNC(=O)c2cc(-c3cn(C[C@@H]4CC[C@H](NC(=O)O)C4)nn3)nc(C)n2)ccc1F. The summed E-state index contributed by atoms with van der Waals surface area (Å²) in [4.78, 5) is 32.2. The Kier molecular flexibility index (Phi) is 7.18. The standard InChI is InChI=1S/C23H26FN7O4/c1-13-26-18(20-12-31(30-29-20)11-15-3-5-16(7-15)28-23(33)34)9-19(27-13)22(32)25-10-14-4-6-17(24)21(8-14)35-2/h4,6,8-9,12,15-16,28H,3,5,7,10-11H2,1-2H3,(H,25,32)(H,33,34)/t15-,16+/m1/s1. The zero-order valence-corrected chi connectivity index (χ0v) is 19.4. The van der Waals surface area contributed by atoms with Crippen LogP contribution in [0.2, 0.25) is 0 Å². The van der Waals surface area contributed by atoms with Gasteiger partial charge in [-0.25, -0.2) is 19.2 Å². The molecule has 2 amide bonds. The number of benzene rings is 1. The maximum absolute atomic E-state index is 13.6. The molecule has 35 heavy (non-hydrogen) atoms. The Hall–Kier alpha value is -4.09. The van der Waals surface area contributed by atoms with Crippen molar-refractivity contribution in [2.75, 3.05) is 7.11 Å². The molecular weight excluding hydrogens is 457 g/mol. The van der Waals surface area contributed by atoms with Crippen molar-refractivity contribution in [3.8, 4) is 17.1 Å². The van der Waals surface area contributed by atoms with Gasteiger partial charge in [0.1, 0.15) is 17.2 Å². The molecule has 1 saturated carbocycles. The number of methoxy groups -OCH3 is 1. The van der Waals surface area contributed by atoms with E-state index in [9.17, 15) is 14.0 Å². The number of amides is 2. The Morgan fingerprint density at radius 2 is 2.06 bits per heavy atom. The number of carboxylic acid groups (broad SMARTS) is 1. The van der Waals surface area contributed by atoms with Gasteiger partial charge in [0.2, 0.25) is 0 Å². The molecule has 0 spiro atoms. The van der Waals surface area contributed by atoms with E-state index in [2.05, 4.69) is 30.9 Å². The van der Waals surface area contributed by atoms with Crippen molar-refractivity contribution in [3.05, 3.63) is 53.4 Å². The van der Waals surface area contributed by atoms with E-state index in [1.54, 1.807) is 29.9 Å². The summed E-state index contributed by atoms with van der Waals surface area (Å²) in [6.45, 7) is 2.47. The van der Waals surface area contributed by atoms with Crippen LogP contribution >= 0.6 is 0 Å². The third-order valence-corrected chi connectivity index (χ3v) is 5.85. The van der Waals surface area contributed by atoms with E-state index in [0.717, 1.165) is 19.3 Å². The fourth-order valence-corrected chi connectivity index (χ4v) is 4.22. The number of aromatic nitrogens is 5. The predicted octanol–water partition coefficient (Wildman–Crippen LogP) is 2.56. The second-order valence-corrected chi connectivity index (χ2v) is 8.49. The van der Waals surface area contributed by atoms with Gasteiger partial charge in [-0.05, 0) is 55.9 Å². The maximum atomic E-state index is 13.6. The van der Waals surface area contributed by atoms with Crippen molar-refractivity contribution < 1.29 is 23.8 Å². The highest BCUT2D eigenvalue weighted by Gasteiger charge is 2.26. The first-order valence-corrected chi connectivity index (χ1v) is 11.2. The number of carbonyl (C=O) groups is 2. The van der Waals surface area contributed by atoms with E-state index < -0.39 is 17.8 Å². The van der Waals surface area contributed by atoms with E-state index in [4.69, 9.17) is 9.84 Å². The second kappa shape index (κ2) is 10.5. The van der Waals surface area contributed by atoms with Crippen molar-refractivity contribution in [2.45, 2.75) is 45.3 Å². The monoisotopic (exact) mass is 483 g/mol. The van der Waals surface area contributed by atoms with E-state index >= 15 is 0 Å². The average Bonchev–Trinajstić information content (AvgIpc) is 3.47. The molecular formula is C23H26FN7O4. The van der Waals surface area contributed by atoms with Gasteiger partial charge in [0.15, 0.2) is 11.6 Å². The summed E-state index contributed by atoms with van der Waals surface area (Å²) >= 11 is 0. The number of hydrogen-bond acceptors (Lipinski definition) is 7. The first-order chi connectivity index (χ1) is 16.8. The van der Waals surface area contributed by atoms with E-state index in [0.29, 0.717) is 35.2 Å². The first-order valence-electron chi connectivity index (χ1n) is 11.2. The number of rotatable bonds is 8. The molecule has 4 rings (SSSR count). The lowest BCUT2D eigenvalue weighted by Crippen LogP contribution is -2.31. The normalized spacial score (nSPS) is 17.2. The molecule has 1 aliphatic rings. The Morgan fingerprint density at radius 1 is 1.23 bits per heavy atom. The minimum Gasteiger partial charge on any atom is -0.494 e. The summed E-state index contributed by atoms with van der Waals surface area (Å²) in [5, 5.41) is 22.6. The van der Waals surface area contributed by atoms with Crippen LogP contribution in [0.15, 0.2) is 30.5 Å². The fourth-order valence-electron chi connectivity index (χ4n) is 4.22. The number of carbonyl (C=O) groups excluding carboxylic acids is 1. The molecule has 2 atom stereocenters. The van der Waals surface area contributed by atoms with Crippen LogP contribution in [0.25, 0.3) is 11.4 Å². The maximum Gasteiger partial charge on any atom is 0.404 e. The van der Waals surface area contributed by atoms with Gasteiger partial charge in [-0.1, -0.05) is 11.3 Å². The fraction of sp³-hybridized carbons (Fsp3) is 0.391. The Morgan fingerprint density at radius 3 is 2.83 bits per heavy atom. The van der Waals surface area contributed by atoms with Crippen LogP contribution in [-0.2, 0) is 13.1 Å². The van der Waals surface area contributed by atoms with Crippen LogP contribution in [0, 0.1) is 18.7 Å². The molecule has 1 aromatic carbocycles. The third kappa shape index (κ3) is 6.08. The minimum absolute atomic E-state index is 0.0397. The molecule has 1 aliphatic carbocycles. The van der Waals surface area contributed by atoms with E-state index in [1.165, 1.54) is 19.2 Å². The molecule has 0 saturated heterocycles. The number of aryl methyl sites for hydroxylation is 1. The lowest BCUT2D eigenvalue weighted by molar-refractivity contribution is 0.0945. The third-order valence-electron chi connectivity index (χ3n) is 5.85. The van der Waals surface area contributed by atoms with E-state index in [-0.39, 0.29) is 24.0 Å². The van der Waals surface area contributed by atoms with Crippen LogP contribution in [0.4, 0.5) is 9.18 Å². The quantitative estimate of drug-likeness (QED) is 0.443.